The smallest absolute Gasteiger partial charge is 0.370 e. The summed E-state index contributed by atoms with van der Waals surface area (Å²) >= 11 is 0. The summed E-state index contributed by atoms with van der Waals surface area (Å²) in [6, 6.07) is 5.12. The minimum atomic E-state index is -4.41. The van der Waals surface area contributed by atoms with E-state index in [0.717, 1.165) is 12.1 Å². The standard InChI is InChI=1S/C18H26F3N3O3S/c1-3-22-17(23-8-11-28(25,26)4-2)24-9-10-27-16(13-24)14-6-5-7-15(12-14)18(19,20)21/h5-7,12,16H,3-4,8-11,13H2,1-2H3,(H,22,23). The quantitative estimate of drug-likeness (QED) is 0.565. The number of halogens is 3. The number of hydrogen-bond acceptors (Lipinski definition) is 4. The van der Waals surface area contributed by atoms with Crippen LogP contribution in [-0.2, 0) is 20.8 Å². The van der Waals surface area contributed by atoms with Gasteiger partial charge in [0.25, 0.3) is 0 Å². The summed E-state index contributed by atoms with van der Waals surface area (Å²) in [5, 5.41) is 3.11. The number of aliphatic imine (C=N–C) groups is 1. The molecule has 1 aromatic rings. The molecule has 1 aromatic carbocycles. The van der Waals surface area contributed by atoms with Crippen molar-refractivity contribution in [2.24, 2.45) is 4.99 Å². The van der Waals surface area contributed by atoms with Gasteiger partial charge in [-0.25, -0.2) is 8.42 Å². The van der Waals surface area contributed by atoms with Crippen LogP contribution in [0.2, 0.25) is 0 Å². The zero-order valence-electron chi connectivity index (χ0n) is 16.0. The van der Waals surface area contributed by atoms with Crippen LogP contribution in [0.3, 0.4) is 0 Å². The topological polar surface area (TPSA) is 71.0 Å². The number of rotatable bonds is 6. The van der Waals surface area contributed by atoms with Gasteiger partial charge in [-0.15, -0.1) is 0 Å². The van der Waals surface area contributed by atoms with Crippen LogP contribution in [0, 0.1) is 0 Å². The van der Waals surface area contributed by atoms with E-state index in [2.05, 4.69) is 10.3 Å². The summed E-state index contributed by atoms with van der Waals surface area (Å²) in [7, 11) is -3.12. The molecule has 0 amide bonds. The van der Waals surface area contributed by atoms with Gasteiger partial charge in [0.05, 0.1) is 31.0 Å². The van der Waals surface area contributed by atoms with Crippen molar-refractivity contribution in [2.75, 3.05) is 44.3 Å². The Hall–Kier alpha value is -1.81. The molecule has 0 saturated carbocycles. The summed E-state index contributed by atoms with van der Waals surface area (Å²) in [5.41, 5.74) is -0.264. The lowest BCUT2D eigenvalue weighted by Crippen LogP contribution is -2.48. The van der Waals surface area contributed by atoms with Crippen molar-refractivity contribution in [3.8, 4) is 0 Å². The van der Waals surface area contributed by atoms with Crippen LogP contribution in [-0.4, -0.2) is 63.6 Å². The SMILES string of the molecule is CCNC(=NCCS(=O)(=O)CC)N1CCOC(c2cccc(C(F)(F)F)c2)C1. The van der Waals surface area contributed by atoms with Crippen molar-refractivity contribution in [1.82, 2.24) is 10.2 Å². The van der Waals surface area contributed by atoms with Crippen molar-refractivity contribution in [3.05, 3.63) is 35.4 Å². The molecule has 0 spiro atoms. The van der Waals surface area contributed by atoms with Gasteiger partial charge in [0.2, 0.25) is 0 Å². The molecule has 1 saturated heterocycles. The molecule has 158 valence electrons. The Bertz CT molecular complexity index is 782. The molecule has 1 aliphatic rings. The molecule has 2 rings (SSSR count). The lowest BCUT2D eigenvalue weighted by atomic mass is 10.0. The summed E-state index contributed by atoms with van der Waals surface area (Å²) in [5.74, 6) is 0.558. The van der Waals surface area contributed by atoms with Crippen LogP contribution >= 0.6 is 0 Å². The van der Waals surface area contributed by atoms with Gasteiger partial charge in [0.15, 0.2) is 15.8 Å². The van der Waals surface area contributed by atoms with Crippen molar-refractivity contribution in [2.45, 2.75) is 26.1 Å². The summed E-state index contributed by atoms with van der Waals surface area (Å²) < 4.78 is 67.9. The van der Waals surface area contributed by atoms with E-state index < -0.39 is 27.7 Å². The van der Waals surface area contributed by atoms with Crippen LogP contribution in [0.15, 0.2) is 29.3 Å². The number of nitrogens with one attached hydrogen (secondary N) is 1. The van der Waals surface area contributed by atoms with Gasteiger partial charge >= 0.3 is 6.18 Å². The molecule has 1 N–H and O–H groups in total. The predicted molar refractivity (Wildman–Crippen MR) is 102 cm³/mol. The normalized spacial score (nSPS) is 19.0. The maximum absolute atomic E-state index is 13.0. The van der Waals surface area contributed by atoms with Gasteiger partial charge in [0, 0.05) is 18.8 Å². The number of alkyl halides is 3. The van der Waals surface area contributed by atoms with Gasteiger partial charge in [-0.3, -0.25) is 4.99 Å². The molecule has 1 heterocycles. The van der Waals surface area contributed by atoms with E-state index >= 15 is 0 Å². The van der Waals surface area contributed by atoms with E-state index in [1.54, 1.807) is 13.0 Å². The molecular weight excluding hydrogens is 395 g/mol. The third kappa shape index (κ3) is 6.37. The van der Waals surface area contributed by atoms with Crippen LogP contribution in [0.1, 0.15) is 31.1 Å². The minimum Gasteiger partial charge on any atom is -0.370 e. The first-order valence-corrected chi connectivity index (χ1v) is 11.0. The number of ether oxygens (including phenoxy) is 1. The minimum absolute atomic E-state index is 0.0419. The number of nitrogens with zero attached hydrogens (tertiary/aromatic N) is 2. The number of hydrogen-bond donors (Lipinski definition) is 1. The fourth-order valence-electron chi connectivity index (χ4n) is 2.82. The number of benzene rings is 1. The Balaban J connectivity index is 2.13. The molecule has 28 heavy (non-hydrogen) atoms. The van der Waals surface area contributed by atoms with Crippen molar-refractivity contribution in [3.63, 3.8) is 0 Å². The highest BCUT2D eigenvalue weighted by molar-refractivity contribution is 7.91. The molecule has 10 heteroatoms. The monoisotopic (exact) mass is 421 g/mol. The second-order valence-electron chi connectivity index (χ2n) is 6.40. The van der Waals surface area contributed by atoms with Crippen LogP contribution in [0.4, 0.5) is 13.2 Å². The molecule has 0 aromatic heterocycles. The fraction of sp³-hybridized carbons (Fsp3) is 0.611. The van der Waals surface area contributed by atoms with Gasteiger partial charge in [0.1, 0.15) is 6.10 Å². The van der Waals surface area contributed by atoms with E-state index in [1.165, 1.54) is 6.07 Å². The molecule has 0 aliphatic carbocycles. The Labute approximate surface area is 163 Å². The van der Waals surface area contributed by atoms with Gasteiger partial charge < -0.3 is 15.0 Å². The molecule has 0 radical (unpaired) electrons. The first-order chi connectivity index (χ1) is 13.2. The van der Waals surface area contributed by atoms with Crippen LogP contribution in [0.25, 0.3) is 0 Å². The Morgan fingerprint density at radius 1 is 1.36 bits per heavy atom. The highest BCUT2D eigenvalue weighted by Gasteiger charge is 2.32. The summed E-state index contributed by atoms with van der Waals surface area (Å²) in [6.45, 7) is 5.37. The molecule has 0 bridgehead atoms. The maximum Gasteiger partial charge on any atom is 0.416 e. The Morgan fingerprint density at radius 2 is 2.11 bits per heavy atom. The molecular formula is C18H26F3N3O3S. The first-order valence-electron chi connectivity index (χ1n) is 9.18. The third-order valence-electron chi connectivity index (χ3n) is 4.39. The third-order valence-corrected chi connectivity index (χ3v) is 6.07. The second-order valence-corrected chi connectivity index (χ2v) is 8.87. The lowest BCUT2D eigenvalue weighted by Gasteiger charge is -2.35. The van der Waals surface area contributed by atoms with E-state index in [1.807, 2.05) is 11.8 Å². The van der Waals surface area contributed by atoms with E-state index in [9.17, 15) is 21.6 Å². The predicted octanol–water partition coefficient (Wildman–Crippen LogP) is 2.48. The van der Waals surface area contributed by atoms with Gasteiger partial charge in [-0.2, -0.15) is 13.2 Å². The van der Waals surface area contributed by atoms with Crippen molar-refractivity contribution in [1.29, 1.82) is 0 Å². The number of guanidine groups is 1. The first kappa shape index (κ1) is 22.5. The number of sulfone groups is 1. The van der Waals surface area contributed by atoms with Gasteiger partial charge in [-0.05, 0) is 24.6 Å². The van der Waals surface area contributed by atoms with Crippen molar-refractivity contribution >= 4 is 15.8 Å². The molecule has 1 unspecified atom stereocenters. The van der Waals surface area contributed by atoms with E-state index in [-0.39, 0.29) is 18.1 Å². The highest BCUT2D eigenvalue weighted by atomic mass is 32.2. The fourth-order valence-corrected chi connectivity index (χ4v) is 3.48. The zero-order chi connectivity index (χ0) is 20.8. The molecule has 1 aliphatic heterocycles. The highest BCUT2D eigenvalue weighted by Crippen LogP contribution is 2.32. The maximum atomic E-state index is 13.0. The molecule has 1 atom stereocenters. The summed E-state index contributed by atoms with van der Waals surface area (Å²) in [4.78, 5) is 6.26. The van der Waals surface area contributed by atoms with E-state index in [4.69, 9.17) is 4.74 Å². The second kappa shape index (κ2) is 9.60. The molecule has 6 nitrogen and oxygen atoms in total. The van der Waals surface area contributed by atoms with Gasteiger partial charge in [-0.1, -0.05) is 19.1 Å². The zero-order valence-corrected chi connectivity index (χ0v) is 16.8. The lowest BCUT2D eigenvalue weighted by molar-refractivity contribution is -0.137. The van der Waals surface area contributed by atoms with Crippen molar-refractivity contribution < 1.29 is 26.3 Å². The average Bonchev–Trinajstić information content (AvgIpc) is 2.67. The molecule has 1 fully saturated rings. The number of morpholine rings is 1. The average molecular weight is 421 g/mol. The van der Waals surface area contributed by atoms with Crippen LogP contribution < -0.4 is 5.32 Å². The largest absolute Gasteiger partial charge is 0.416 e. The van der Waals surface area contributed by atoms with E-state index in [0.29, 0.717) is 37.8 Å². The van der Waals surface area contributed by atoms with Crippen LogP contribution in [0.5, 0.6) is 0 Å². The summed E-state index contributed by atoms with van der Waals surface area (Å²) in [6.07, 6.45) is -4.94. The Kier molecular flexibility index (Phi) is 7.70. The Morgan fingerprint density at radius 3 is 2.75 bits per heavy atom.